The Morgan fingerprint density at radius 3 is 2.40 bits per heavy atom. The van der Waals surface area contributed by atoms with Crippen molar-refractivity contribution in [2.24, 2.45) is 11.3 Å². The number of aromatic nitrogens is 4. The number of fused-ring (bicyclic) bond motifs is 3. The summed E-state index contributed by atoms with van der Waals surface area (Å²) in [7, 11) is -3.91. The Labute approximate surface area is 352 Å². The van der Waals surface area contributed by atoms with E-state index in [1.165, 1.54) is 22.3 Å². The van der Waals surface area contributed by atoms with Crippen LogP contribution in [0.3, 0.4) is 0 Å². The van der Waals surface area contributed by atoms with Crippen LogP contribution in [-0.2, 0) is 29.8 Å². The molecule has 2 saturated carbocycles. The molecule has 2 aliphatic carbocycles. The van der Waals surface area contributed by atoms with Gasteiger partial charge in [0.15, 0.2) is 16.5 Å². The van der Waals surface area contributed by atoms with Crippen molar-refractivity contribution in [1.29, 1.82) is 0 Å². The summed E-state index contributed by atoms with van der Waals surface area (Å²) in [6, 6.07) is 9.58. The lowest BCUT2D eigenvalue weighted by atomic mass is 9.85. The lowest BCUT2D eigenvalue weighted by molar-refractivity contribution is -0.141. The number of nitrogens with zero attached hydrogens (tertiary/aromatic N) is 5. The van der Waals surface area contributed by atoms with Crippen molar-refractivity contribution in [3.63, 3.8) is 0 Å². The minimum Gasteiger partial charge on any atom is -0.470 e. The SMILES string of the molecule is C=C[C@@H]1C[C@]1(NC(=O)[C@@H]1C[C@@H](Oc2nc(-c3ccc(C(C)(C)C)cc3)nc3c2oc2cccnc23)CN1C(=O)[C@@H](Nc1nc(C)cs1)C(C)(C)C)C(=O)NS(=O)(=O)C1CC1. The number of carbonyl (C=O) groups is 3. The number of sulfonamides is 1. The van der Waals surface area contributed by atoms with Crippen molar-refractivity contribution >= 4 is 66.4 Å². The molecule has 0 unspecified atom stereocenters. The monoisotopic (exact) mass is 854 g/mol. The maximum Gasteiger partial charge on any atom is 0.262 e. The summed E-state index contributed by atoms with van der Waals surface area (Å²) in [6.07, 6.45) is 3.50. The number of benzene rings is 1. The molecule has 60 heavy (non-hydrogen) atoms. The van der Waals surface area contributed by atoms with Crippen LogP contribution in [-0.4, -0.2) is 86.5 Å². The molecular formula is C43H50N8O7S2. The highest BCUT2D eigenvalue weighted by molar-refractivity contribution is 7.91. The molecule has 4 aromatic heterocycles. The molecule has 17 heteroatoms. The molecule has 5 atom stereocenters. The van der Waals surface area contributed by atoms with Crippen LogP contribution >= 0.6 is 11.3 Å². The lowest BCUT2D eigenvalue weighted by Crippen LogP contribution is -2.58. The molecule has 1 aliphatic heterocycles. The van der Waals surface area contributed by atoms with Gasteiger partial charge < -0.3 is 24.7 Å². The fourth-order valence-corrected chi connectivity index (χ4v) is 9.76. The Morgan fingerprint density at radius 2 is 1.78 bits per heavy atom. The van der Waals surface area contributed by atoms with Gasteiger partial charge in [-0.1, -0.05) is 71.9 Å². The smallest absolute Gasteiger partial charge is 0.262 e. The van der Waals surface area contributed by atoms with Crippen LogP contribution in [0.2, 0.25) is 0 Å². The van der Waals surface area contributed by atoms with Gasteiger partial charge in [-0.2, -0.15) is 4.98 Å². The number of anilines is 1. The van der Waals surface area contributed by atoms with Crippen molar-refractivity contribution in [2.75, 3.05) is 11.9 Å². The molecule has 316 valence electrons. The van der Waals surface area contributed by atoms with E-state index in [1.807, 2.05) is 57.3 Å². The molecule has 3 amide bonds. The number of hydrogen-bond donors (Lipinski definition) is 3. The van der Waals surface area contributed by atoms with E-state index in [0.717, 1.165) is 16.8 Å². The topological polar surface area (TPSA) is 199 Å². The zero-order valence-corrected chi connectivity index (χ0v) is 36.4. The average molecular weight is 855 g/mol. The minimum absolute atomic E-state index is 0.0151. The first-order chi connectivity index (χ1) is 28.3. The van der Waals surface area contributed by atoms with E-state index in [2.05, 4.69) is 52.7 Å². The van der Waals surface area contributed by atoms with Gasteiger partial charge in [-0.25, -0.2) is 18.4 Å². The summed E-state index contributed by atoms with van der Waals surface area (Å²) in [4.78, 5) is 63.4. The molecule has 5 heterocycles. The summed E-state index contributed by atoms with van der Waals surface area (Å²) >= 11 is 1.37. The predicted molar refractivity (Wildman–Crippen MR) is 229 cm³/mol. The third-order valence-electron chi connectivity index (χ3n) is 11.4. The van der Waals surface area contributed by atoms with E-state index in [9.17, 15) is 22.8 Å². The number of aryl methyl sites for hydroxylation is 1. The number of furan rings is 1. The first kappa shape index (κ1) is 41.3. The zero-order valence-electron chi connectivity index (χ0n) is 34.7. The molecule has 1 aromatic carbocycles. The van der Waals surface area contributed by atoms with Gasteiger partial charge in [0, 0.05) is 29.5 Å². The number of thiazole rings is 1. The number of nitrogens with one attached hydrogen (secondary N) is 3. The van der Waals surface area contributed by atoms with Gasteiger partial charge in [-0.05, 0) is 54.7 Å². The number of rotatable bonds is 12. The van der Waals surface area contributed by atoms with Crippen LogP contribution in [0.5, 0.6) is 5.88 Å². The van der Waals surface area contributed by atoms with E-state index in [0.29, 0.717) is 40.4 Å². The summed E-state index contributed by atoms with van der Waals surface area (Å²) in [5, 5.41) is 7.97. The molecule has 0 bridgehead atoms. The molecule has 0 radical (unpaired) electrons. The van der Waals surface area contributed by atoms with Crippen LogP contribution in [0.25, 0.3) is 33.6 Å². The maximum absolute atomic E-state index is 14.9. The van der Waals surface area contributed by atoms with Gasteiger partial charge in [0.25, 0.3) is 11.8 Å². The fraction of sp³-hybridized carbons (Fsp3) is 0.465. The molecule has 3 fully saturated rings. The first-order valence-electron chi connectivity index (χ1n) is 20.1. The normalized spacial score (nSPS) is 22.4. The fourth-order valence-electron chi connectivity index (χ4n) is 7.68. The Balaban J connectivity index is 1.15. The van der Waals surface area contributed by atoms with Crippen LogP contribution in [0.1, 0.15) is 78.5 Å². The van der Waals surface area contributed by atoms with E-state index in [4.69, 9.17) is 19.1 Å². The number of hydrogen-bond acceptors (Lipinski definition) is 13. The lowest BCUT2D eigenvalue weighted by Gasteiger charge is -2.35. The van der Waals surface area contributed by atoms with Crippen LogP contribution in [0, 0.1) is 18.3 Å². The highest BCUT2D eigenvalue weighted by atomic mass is 32.2. The quantitative estimate of drug-likeness (QED) is 0.123. The Kier molecular flexibility index (Phi) is 10.3. The number of amides is 3. The third kappa shape index (κ3) is 7.96. The van der Waals surface area contributed by atoms with Crippen molar-refractivity contribution < 1.29 is 32.0 Å². The summed E-state index contributed by atoms with van der Waals surface area (Å²) in [5.74, 6) is -1.86. The number of ether oxygens (including phenoxy) is 1. The van der Waals surface area contributed by atoms with Gasteiger partial charge >= 0.3 is 0 Å². The Hall–Kier alpha value is -5.42. The Morgan fingerprint density at radius 1 is 1.05 bits per heavy atom. The second-order valence-corrected chi connectivity index (χ2v) is 21.0. The van der Waals surface area contributed by atoms with Crippen molar-refractivity contribution in [2.45, 2.75) is 109 Å². The average Bonchev–Trinajstić information content (AvgIpc) is 4.04. The van der Waals surface area contributed by atoms with Crippen molar-refractivity contribution in [3.05, 3.63) is 71.9 Å². The number of carbonyl (C=O) groups excluding carboxylic acids is 3. The van der Waals surface area contributed by atoms with Crippen LogP contribution in [0.15, 0.2) is 65.0 Å². The third-order valence-corrected chi connectivity index (χ3v) is 14.1. The Bertz CT molecular complexity index is 2620. The van der Waals surface area contributed by atoms with E-state index >= 15 is 0 Å². The van der Waals surface area contributed by atoms with Gasteiger partial charge in [0.05, 0.1) is 17.5 Å². The first-order valence-corrected chi connectivity index (χ1v) is 22.5. The summed E-state index contributed by atoms with van der Waals surface area (Å²) < 4.78 is 40.8. The molecule has 3 aliphatic rings. The van der Waals surface area contributed by atoms with E-state index in [1.54, 1.807) is 18.3 Å². The molecule has 15 nitrogen and oxygen atoms in total. The standard InChI is InChI=1S/C43H50N8O7S2/c1-9-25-20-43(25,39(54)50-60(55,56)28-16-17-28)49-36(52)29-19-27(21-51(29)38(53)34(42(6,7)8)47-40-45-23(2)22-59-40)57-37-33-32(31-30(58-33)11-10-18-44-31)46-35(48-37)24-12-14-26(15-13-24)41(3,4)5/h9-15,18,22,25,27-29,34H,1,16-17,19-21H2,2-8H3,(H,45,47)(H,49,52)(H,50,54)/t25-,27-,29+,34-,43-/m1/s1. The predicted octanol–water partition coefficient (Wildman–Crippen LogP) is 6.04. The maximum atomic E-state index is 14.9. The molecule has 0 spiro atoms. The highest BCUT2D eigenvalue weighted by Crippen LogP contribution is 2.46. The molecule has 8 rings (SSSR count). The summed E-state index contributed by atoms with van der Waals surface area (Å²) in [5.41, 5.74) is 2.13. The zero-order chi connectivity index (χ0) is 42.9. The molecule has 1 saturated heterocycles. The van der Waals surface area contributed by atoms with Crippen LogP contribution < -0.4 is 20.1 Å². The van der Waals surface area contributed by atoms with Gasteiger partial charge in [-0.3, -0.25) is 24.1 Å². The second kappa shape index (κ2) is 14.9. The van der Waals surface area contributed by atoms with Crippen LogP contribution in [0.4, 0.5) is 5.13 Å². The molecule has 3 N–H and O–H groups in total. The molecule has 5 aromatic rings. The largest absolute Gasteiger partial charge is 0.470 e. The molecular weight excluding hydrogens is 805 g/mol. The second-order valence-electron chi connectivity index (χ2n) is 18.2. The van der Waals surface area contributed by atoms with E-state index in [-0.39, 0.29) is 42.2 Å². The summed E-state index contributed by atoms with van der Waals surface area (Å²) in [6.45, 7) is 17.8. The number of likely N-dealkylation sites (tertiary alicyclic amines) is 1. The highest BCUT2D eigenvalue weighted by Gasteiger charge is 2.62. The number of pyridine rings is 1. The minimum atomic E-state index is -3.91. The van der Waals surface area contributed by atoms with Gasteiger partial charge in [-0.15, -0.1) is 17.9 Å². The van der Waals surface area contributed by atoms with Crippen molar-refractivity contribution in [1.82, 2.24) is 34.9 Å². The van der Waals surface area contributed by atoms with Crippen molar-refractivity contribution in [3.8, 4) is 17.3 Å². The van der Waals surface area contributed by atoms with Gasteiger partial charge in [0.2, 0.25) is 27.4 Å². The van der Waals surface area contributed by atoms with Gasteiger partial charge in [0.1, 0.15) is 34.8 Å². The van der Waals surface area contributed by atoms with E-state index < -0.39 is 62.1 Å².